The number of ether oxygens (including phenoxy) is 1. The van der Waals surface area contributed by atoms with E-state index in [0.29, 0.717) is 8.59 Å². The van der Waals surface area contributed by atoms with Gasteiger partial charge >= 0.3 is 5.97 Å². The molecule has 104 valence electrons. The lowest BCUT2D eigenvalue weighted by atomic mass is 10.1. The zero-order chi connectivity index (χ0) is 14.6. The largest absolute Gasteiger partial charge is 0.496 e. The second-order valence-electron chi connectivity index (χ2n) is 3.51. The van der Waals surface area contributed by atoms with Crippen molar-refractivity contribution in [1.82, 2.24) is 5.32 Å². The summed E-state index contributed by atoms with van der Waals surface area (Å²) in [6, 6.07) is 1.57. The molecule has 0 aromatic heterocycles. The quantitative estimate of drug-likeness (QED) is 0.645. The SMILES string of the molecule is COc1cc(I)c(Cl)cc1C(=O)N[C@@H](CO)C(=O)O. The summed E-state index contributed by atoms with van der Waals surface area (Å²) >= 11 is 7.89. The van der Waals surface area contributed by atoms with Crippen molar-refractivity contribution >= 4 is 46.1 Å². The van der Waals surface area contributed by atoms with Crippen LogP contribution in [0.25, 0.3) is 0 Å². The van der Waals surface area contributed by atoms with Gasteiger partial charge in [0.25, 0.3) is 5.91 Å². The minimum atomic E-state index is -1.38. The Morgan fingerprint density at radius 3 is 2.63 bits per heavy atom. The molecule has 0 saturated carbocycles. The van der Waals surface area contributed by atoms with Crippen LogP contribution < -0.4 is 10.1 Å². The number of aliphatic hydroxyl groups excluding tert-OH is 1. The minimum absolute atomic E-state index is 0.104. The Balaban J connectivity index is 3.05. The second-order valence-corrected chi connectivity index (χ2v) is 5.08. The van der Waals surface area contributed by atoms with Crippen molar-refractivity contribution in [2.75, 3.05) is 13.7 Å². The number of rotatable bonds is 5. The maximum Gasteiger partial charge on any atom is 0.328 e. The molecule has 8 heteroatoms. The third-order valence-corrected chi connectivity index (χ3v) is 3.80. The fourth-order valence-electron chi connectivity index (χ4n) is 1.30. The number of halogens is 2. The van der Waals surface area contributed by atoms with Crippen LogP contribution in [0.4, 0.5) is 0 Å². The number of carboxylic acids is 1. The molecule has 1 rings (SSSR count). The summed E-state index contributed by atoms with van der Waals surface area (Å²) in [7, 11) is 1.39. The molecule has 1 amide bonds. The normalized spacial score (nSPS) is 11.8. The van der Waals surface area contributed by atoms with E-state index in [9.17, 15) is 9.59 Å². The molecular weight excluding hydrogens is 388 g/mol. The number of methoxy groups -OCH3 is 1. The van der Waals surface area contributed by atoms with Crippen LogP contribution in [0.5, 0.6) is 5.75 Å². The average molecular weight is 400 g/mol. The Morgan fingerprint density at radius 2 is 2.16 bits per heavy atom. The van der Waals surface area contributed by atoms with Gasteiger partial charge < -0.3 is 20.3 Å². The lowest BCUT2D eigenvalue weighted by Gasteiger charge is -2.14. The van der Waals surface area contributed by atoms with Crippen molar-refractivity contribution in [2.24, 2.45) is 0 Å². The first kappa shape index (κ1) is 16.0. The van der Waals surface area contributed by atoms with Gasteiger partial charge in [0.05, 0.1) is 24.3 Å². The van der Waals surface area contributed by atoms with Gasteiger partial charge in [-0.15, -0.1) is 0 Å². The summed E-state index contributed by atoms with van der Waals surface area (Å²) in [5.41, 5.74) is 0.104. The van der Waals surface area contributed by atoms with Crippen LogP contribution in [0, 0.1) is 3.57 Å². The molecule has 0 spiro atoms. The van der Waals surface area contributed by atoms with Crippen LogP contribution in [-0.4, -0.2) is 41.8 Å². The van der Waals surface area contributed by atoms with Crippen molar-refractivity contribution in [1.29, 1.82) is 0 Å². The average Bonchev–Trinajstić information content (AvgIpc) is 2.37. The Hall–Kier alpha value is -1.06. The second kappa shape index (κ2) is 6.92. The predicted molar refractivity (Wildman–Crippen MR) is 76.7 cm³/mol. The summed E-state index contributed by atoms with van der Waals surface area (Å²) in [6.07, 6.45) is 0. The number of benzene rings is 1. The topological polar surface area (TPSA) is 95.9 Å². The zero-order valence-electron chi connectivity index (χ0n) is 9.81. The van der Waals surface area contributed by atoms with Gasteiger partial charge in [0.1, 0.15) is 5.75 Å². The minimum Gasteiger partial charge on any atom is -0.496 e. The van der Waals surface area contributed by atoms with E-state index in [4.69, 9.17) is 26.6 Å². The molecule has 0 heterocycles. The van der Waals surface area contributed by atoms with Crippen molar-refractivity contribution < 1.29 is 24.5 Å². The van der Waals surface area contributed by atoms with E-state index in [-0.39, 0.29) is 11.3 Å². The number of aliphatic carboxylic acids is 1. The van der Waals surface area contributed by atoms with Gasteiger partial charge in [-0.25, -0.2) is 4.79 Å². The highest BCUT2D eigenvalue weighted by Gasteiger charge is 2.22. The van der Waals surface area contributed by atoms with Gasteiger partial charge in [0, 0.05) is 3.57 Å². The number of hydrogen-bond acceptors (Lipinski definition) is 4. The highest BCUT2D eigenvalue weighted by molar-refractivity contribution is 14.1. The molecule has 0 aliphatic heterocycles. The molecule has 1 atom stereocenters. The van der Waals surface area contributed by atoms with E-state index in [0.717, 1.165) is 0 Å². The maximum absolute atomic E-state index is 11.9. The maximum atomic E-state index is 11.9. The summed E-state index contributed by atoms with van der Waals surface area (Å²) in [4.78, 5) is 22.7. The molecule has 6 nitrogen and oxygen atoms in total. The van der Waals surface area contributed by atoms with E-state index in [1.54, 1.807) is 6.07 Å². The molecule has 0 aliphatic rings. The highest BCUT2D eigenvalue weighted by Crippen LogP contribution is 2.28. The molecule has 0 aliphatic carbocycles. The van der Waals surface area contributed by atoms with Crippen molar-refractivity contribution in [3.63, 3.8) is 0 Å². The predicted octanol–water partition coefficient (Wildman–Crippen LogP) is 1.13. The first-order chi connectivity index (χ1) is 8.90. The van der Waals surface area contributed by atoms with Crippen molar-refractivity contribution in [3.05, 3.63) is 26.3 Å². The molecule has 1 aromatic carbocycles. The summed E-state index contributed by atoms with van der Waals surface area (Å²) in [5.74, 6) is -1.74. The number of amides is 1. The first-order valence-corrected chi connectivity index (χ1v) is 6.54. The lowest BCUT2D eigenvalue weighted by molar-refractivity contribution is -0.140. The number of carbonyl (C=O) groups excluding carboxylic acids is 1. The molecule has 3 N–H and O–H groups in total. The fourth-order valence-corrected chi connectivity index (χ4v) is 1.90. The van der Waals surface area contributed by atoms with Gasteiger partial charge in [0.2, 0.25) is 0 Å². The number of carboxylic acid groups (broad SMARTS) is 1. The lowest BCUT2D eigenvalue weighted by Crippen LogP contribution is -2.43. The van der Waals surface area contributed by atoms with Crippen molar-refractivity contribution in [2.45, 2.75) is 6.04 Å². The van der Waals surface area contributed by atoms with Gasteiger partial charge in [-0.3, -0.25) is 4.79 Å². The molecule has 1 aromatic rings. The molecule has 19 heavy (non-hydrogen) atoms. The van der Waals surface area contributed by atoms with Crippen molar-refractivity contribution in [3.8, 4) is 5.75 Å². The van der Waals surface area contributed by atoms with E-state index in [2.05, 4.69) is 5.32 Å². The summed E-state index contributed by atoms with van der Waals surface area (Å²) < 4.78 is 5.74. The Bertz CT molecular complexity index is 508. The Kier molecular flexibility index (Phi) is 5.83. The molecule has 0 unspecified atom stereocenters. The Morgan fingerprint density at radius 1 is 1.53 bits per heavy atom. The van der Waals surface area contributed by atoms with E-state index < -0.39 is 24.5 Å². The summed E-state index contributed by atoms with van der Waals surface area (Å²) in [6.45, 7) is -0.707. The van der Waals surface area contributed by atoms with Gasteiger partial charge in [-0.2, -0.15) is 0 Å². The third kappa shape index (κ3) is 3.95. The molecule has 0 bridgehead atoms. The highest BCUT2D eigenvalue weighted by atomic mass is 127. The number of hydrogen-bond donors (Lipinski definition) is 3. The van der Waals surface area contributed by atoms with Crippen LogP contribution in [0.3, 0.4) is 0 Å². The zero-order valence-corrected chi connectivity index (χ0v) is 12.7. The van der Waals surface area contributed by atoms with Crippen LogP contribution in [0.1, 0.15) is 10.4 Å². The number of nitrogens with one attached hydrogen (secondary N) is 1. The van der Waals surface area contributed by atoms with Gasteiger partial charge in [-0.1, -0.05) is 11.6 Å². The molecule has 0 fully saturated rings. The van der Waals surface area contributed by atoms with Crippen LogP contribution in [-0.2, 0) is 4.79 Å². The van der Waals surface area contributed by atoms with Crippen LogP contribution in [0.2, 0.25) is 5.02 Å². The molecule has 0 saturated heterocycles. The molecular formula is C11H11ClINO5. The Labute approximate surface area is 127 Å². The molecule has 0 radical (unpaired) electrons. The van der Waals surface area contributed by atoms with Crippen LogP contribution in [0.15, 0.2) is 12.1 Å². The van der Waals surface area contributed by atoms with E-state index >= 15 is 0 Å². The fraction of sp³-hybridized carbons (Fsp3) is 0.273. The monoisotopic (exact) mass is 399 g/mol. The first-order valence-electron chi connectivity index (χ1n) is 5.08. The smallest absolute Gasteiger partial charge is 0.328 e. The number of aliphatic hydroxyl groups is 1. The van der Waals surface area contributed by atoms with E-state index in [1.807, 2.05) is 22.6 Å². The van der Waals surface area contributed by atoms with E-state index in [1.165, 1.54) is 13.2 Å². The van der Waals surface area contributed by atoms with Gasteiger partial charge in [-0.05, 0) is 34.7 Å². The standard InChI is InChI=1S/C11H11ClINO5/c1-19-9-3-7(13)6(12)2-5(9)10(16)14-8(4-15)11(17)18/h2-3,8,15H,4H2,1H3,(H,14,16)(H,17,18)/t8-/m0/s1. The third-order valence-electron chi connectivity index (χ3n) is 2.27. The van der Waals surface area contributed by atoms with Crippen LogP contribution >= 0.6 is 34.2 Å². The van der Waals surface area contributed by atoms with Gasteiger partial charge in [0.15, 0.2) is 6.04 Å². The number of carbonyl (C=O) groups is 2. The summed E-state index contributed by atoms with van der Waals surface area (Å²) in [5, 5.41) is 20.1.